The number of amides is 1. The lowest BCUT2D eigenvalue weighted by atomic mass is 10.2. The fraction of sp³-hybridized carbons (Fsp3) is 0.133. The molecule has 0 unspecified atom stereocenters. The van der Waals surface area contributed by atoms with Crippen LogP contribution in [0.3, 0.4) is 0 Å². The number of nitrogens with one attached hydrogen (secondary N) is 1. The predicted molar refractivity (Wildman–Crippen MR) is 76.5 cm³/mol. The maximum absolute atomic E-state index is 12.7. The Labute approximate surface area is 121 Å². The Morgan fingerprint density at radius 1 is 1.33 bits per heavy atom. The zero-order valence-electron chi connectivity index (χ0n) is 11.4. The van der Waals surface area contributed by atoms with Gasteiger partial charge in [0.15, 0.2) is 6.61 Å². The second-order valence-electron chi connectivity index (χ2n) is 4.22. The van der Waals surface area contributed by atoms with Crippen LogP contribution in [0.2, 0.25) is 0 Å². The van der Waals surface area contributed by atoms with Gasteiger partial charge in [-0.3, -0.25) is 9.78 Å². The number of hydrogen-bond donors (Lipinski definition) is 1. The average Bonchev–Trinajstić information content (AvgIpc) is 2.53. The van der Waals surface area contributed by atoms with Gasteiger partial charge in [0.2, 0.25) is 0 Å². The molecule has 0 atom stereocenters. The molecule has 0 saturated carbocycles. The van der Waals surface area contributed by atoms with Gasteiger partial charge >= 0.3 is 0 Å². The number of carbonyl (C=O) groups excluding carboxylic acids is 1. The molecule has 5 nitrogen and oxygen atoms in total. The van der Waals surface area contributed by atoms with Crippen molar-refractivity contribution in [2.45, 2.75) is 6.92 Å². The molecule has 0 aliphatic rings. The van der Waals surface area contributed by atoms with E-state index in [4.69, 9.17) is 4.74 Å². The Morgan fingerprint density at radius 3 is 2.76 bits per heavy atom. The van der Waals surface area contributed by atoms with E-state index >= 15 is 0 Å². The Morgan fingerprint density at radius 2 is 2.10 bits per heavy atom. The molecule has 0 bridgehead atoms. The summed E-state index contributed by atoms with van der Waals surface area (Å²) in [5, 5.41) is 3.96. The molecule has 0 spiro atoms. The molecule has 1 aromatic carbocycles. The third-order valence-corrected chi connectivity index (χ3v) is 2.61. The summed E-state index contributed by atoms with van der Waals surface area (Å²) in [6, 6.07) is 9.05. The molecule has 0 radical (unpaired) electrons. The number of rotatable bonds is 5. The van der Waals surface area contributed by atoms with Crippen LogP contribution in [0, 0.1) is 5.82 Å². The maximum atomic E-state index is 12.7. The van der Waals surface area contributed by atoms with E-state index < -0.39 is 5.91 Å². The first-order chi connectivity index (χ1) is 10.1. The summed E-state index contributed by atoms with van der Waals surface area (Å²) in [6.45, 7) is 1.56. The summed E-state index contributed by atoms with van der Waals surface area (Å²) in [4.78, 5) is 15.6. The highest BCUT2D eigenvalue weighted by Gasteiger charge is 2.03. The zero-order valence-corrected chi connectivity index (χ0v) is 11.4. The first kappa shape index (κ1) is 14.6. The van der Waals surface area contributed by atoms with Gasteiger partial charge < -0.3 is 4.74 Å². The lowest BCUT2D eigenvalue weighted by Gasteiger charge is -2.05. The van der Waals surface area contributed by atoms with Gasteiger partial charge in [0.1, 0.15) is 11.6 Å². The summed E-state index contributed by atoms with van der Waals surface area (Å²) in [5.74, 6) is -0.342. The SMILES string of the molecule is C/C(=N\NC(=O)COc1ccc(F)cc1)c1cccnc1. The summed E-state index contributed by atoms with van der Waals surface area (Å²) in [6.07, 6.45) is 3.31. The number of aromatic nitrogens is 1. The first-order valence-electron chi connectivity index (χ1n) is 6.27. The van der Waals surface area contributed by atoms with Crippen LogP contribution in [-0.4, -0.2) is 23.2 Å². The van der Waals surface area contributed by atoms with Crippen LogP contribution in [0.4, 0.5) is 4.39 Å². The van der Waals surface area contributed by atoms with Crippen LogP contribution < -0.4 is 10.2 Å². The van der Waals surface area contributed by atoms with Gasteiger partial charge in [0.05, 0.1) is 5.71 Å². The third kappa shape index (κ3) is 4.68. The van der Waals surface area contributed by atoms with Crippen LogP contribution in [0.25, 0.3) is 0 Å². The van der Waals surface area contributed by atoms with Crippen molar-refractivity contribution in [1.29, 1.82) is 0 Å². The van der Waals surface area contributed by atoms with E-state index in [-0.39, 0.29) is 12.4 Å². The number of ether oxygens (including phenoxy) is 1. The quantitative estimate of drug-likeness (QED) is 0.677. The smallest absolute Gasteiger partial charge is 0.277 e. The fourth-order valence-electron chi connectivity index (χ4n) is 1.50. The van der Waals surface area contributed by atoms with E-state index in [0.717, 1.165) is 5.56 Å². The molecular formula is C15H14FN3O2. The van der Waals surface area contributed by atoms with E-state index in [2.05, 4.69) is 15.5 Å². The normalized spacial score (nSPS) is 11.0. The summed E-state index contributed by atoms with van der Waals surface area (Å²) in [5.41, 5.74) is 3.84. The second-order valence-corrected chi connectivity index (χ2v) is 4.22. The highest BCUT2D eigenvalue weighted by atomic mass is 19.1. The molecule has 0 fully saturated rings. The molecule has 1 aromatic heterocycles. The topological polar surface area (TPSA) is 63.6 Å². The number of halogens is 1. The van der Waals surface area contributed by atoms with Gasteiger partial charge in [-0.1, -0.05) is 6.07 Å². The summed E-state index contributed by atoms with van der Waals surface area (Å²) >= 11 is 0. The molecule has 2 aromatic rings. The van der Waals surface area contributed by atoms with Crippen LogP contribution in [0.15, 0.2) is 53.9 Å². The minimum atomic E-state index is -0.400. The highest BCUT2D eigenvalue weighted by Crippen LogP contribution is 2.10. The van der Waals surface area contributed by atoms with Gasteiger partial charge in [0, 0.05) is 18.0 Å². The van der Waals surface area contributed by atoms with E-state index in [9.17, 15) is 9.18 Å². The number of hydrogen-bond acceptors (Lipinski definition) is 4. The molecule has 1 heterocycles. The Hall–Kier alpha value is -2.76. The number of pyridine rings is 1. The summed E-state index contributed by atoms with van der Waals surface area (Å²) < 4.78 is 17.9. The second kappa shape index (κ2) is 7.14. The largest absolute Gasteiger partial charge is 0.484 e. The Kier molecular flexibility index (Phi) is 4.98. The molecule has 0 aliphatic carbocycles. The zero-order chi connectivity index (χ0) is 15.1. The maximum Gasteiger partial charge on any atom is 0.277 e. The minimum Gasteiger partial charge on any atom is -0.484 e. The van der Waals surface area contributed by atoms with Crippen LogP contribution >= 0.6 is 0 Å². The van der Waals surface area contributed by atoms with E-state index in [0.29, 0.717) is 11.5 Å². The van der Waals surface area contributed by atoms with Crippen molar-refractivity contribution < 1.29 is 13.9 Å². The van der Waals surface area contributed by atoms with Gasteiger partial charge in [-0.05, 0) is 37.3 Å². The molecule has 108 valence electrons. The minimum absolute atomic E-state index is 0.199. The predicted octanol–water partition coefficient (Wildman–Crippen LogP) is 2.14. The van der Waals surface area contributed by atoms with Crippen molar-refractivity contribution in [3.8, 4) is 5.75 Å². The number of nitrogens with zero attached hydrogens (tertiary/aromatic N) is 2. The van der Waals surface area contributed by atoms with Gasteiger partial charge in [-0.25, -0.2) is 9.82 Å². The van der Waals surface area contributed by atoms with Crippen molar-refractivity contribution in [3.63, 3.8) is 0 Å². The average molecular weight is 287 g/mol. The van der Waals surface area contributed by atoms with Gasteiger partial charge in [-0.15, -0.1) is 0 Å². The van der Waals surface area contributed by atoms with Crippen molar-refractivity contribution in [3.05, 3.63) is 60.2 Å². The highest BCUT2D eigenvalue weighted by molar-refractivity contribution is 5.98. The van der Waals surface area contributed by atoms with Crippen molar-refractivity contribution >= 4 is 11.6 Å². The molecule has 1 amide bonds. The fourth-order valence-corrected chi connectivity index (χ4v) is 1.50. The molecule has 6 heteroatoms. The first-order valence-corrected chi connectivity index (χ1v) is 6.27. The van der Waals surface area contributed by atoms with Crippen LogP contribution in [0.5, 0.6) is 5.75 Å². The van der Waals surface area contributed by atoms with Crippen molar-refractivity contribution in [2.24, 2.45) is 5.10 Å². The lowest BCUT2D eigenvalue weighted by molar-refractivity contribution is -0.123. The molecule has 0 saturated heterocycles. The number of benzene rings is 1. The molecule has 2 rings (SSSR count). The molecular weight excluding hydrogens is 273 g/mol. The van der Waals surface area contributed by atoms with Gasteiger partial charge in [-0.2, -0.15) is 5.10 Å². The van der Waals surface area contributed by atoms with E-state index in [1.54, 1.807) is 25.4 Å². The monoisotopic (exact) mass is 287 g/mol. The molecule has 1 N–H and O–H groups in total. The Balaban J connectivity index is 1.83. The van der Waals surface area contributed by atoms with Crippen LogP contribution in [-0.2, 0) is 4.79 Å². The van der Waals surface area contributed by atoms with Crippen molar-refractivity contribution in [2.75, 3.05) is 6.61 Å². The van der Waals surface area contributed by atoms with E-state index in [1.807, 2.05) is 6.07 Å². The molecule has 21 heavy (non-hydrogen) atoms. The lowest BCUT2D eigenvalue weighted by Crippen LogP contribution is -2.25. The standard InChI is InChI=1S/C15H14FN3O2/c1-11(12-3-2-8-17-9-12)18-19-15(20)10-21-14-6-4-13(16)5-7-14/h2-9H,10H2,1H3,(H,19,20)/b18-11+. The van der Waals surface area contributed by atoms with E-state index in [1.165, 1.54) is 24.3 Å². The third-order valence-electron chi connectivity index (χ3n) is 2.61. The Bertz CT molecular complexity index is 627. The molecule has 0 aliphatic heterocycles. The van der Waals surface area contributed by atoms with Crippen molar-refractivity contribution in [1.82, 2.24) is 10.4 Å². The summed E-state index contributed by atoms with van der Waals surface area (Å²) in [7, 11) is 0. The van der Waals surface area contributed by atoms with Gasteiger partial charge in [0.25, 0.3) is 5.91 Å². The number of carbonyl (C=O) groups is 1. The number of hydrazone groups is 1. The van der Waals surface area contributed by atoms with Crippen LogP contribution in [0.1, 0.15) is 12.5 Å².